The van der Waals surface area contributed by atoms with E-state index < -0.39 is 0 Å². The molecule has 1 aromatic carbocycles. The summed E-state index contributed by atoms with van der Waals surface area (Å²) in [6.07, 6.45) is 4.59. The lowest BCUT2D eigenvalue weighted by Crippen LogP contribution is -2.38. The first-order valence-electron chi connectivity index (χ1n) is 7.04. The van der Waals surface area contributed by atoms with Crippen LogP contribution in [0.5, 0.6) is 0 Å². The van der Waals surface area contributed by atoms with Gasteiger partial charge in [-0.15, -0.1) is 0 Å². The molecule has 2 aliphatic rings. The second-order valence-electron chi connectivity index (χ2n) is 6.04. The van der Waals surface area contributed by atoms with Crippen LogP contribution in [-0.4, -0.2) is 12.1 Å². The molecule has 0 saturated heterocycles. The number of fused-ring (bicyclic) bond motifs is 2. The highest BCUT2D eigenvalue weighted by Gasteiger charge is 2.54. The minimum Gasteiger partial charge on any atom is -0.458 e. The third-order valence-electron chi connectivity index (χ3n) is 4.76. The second-order valence-corrected chi connectivity index (χ2v) is 6.04. The highest BCUT2D eigenvalue weighted by molar-refractivity contribution is 5.87. The van der Waals surface area contributed by atoms with Crippen LogP contribution in [0.4, 0.5) is 0 Å². The molecule has 2 heteroatoms. The van der Waals surface area contributed by atoms with Crippen molar-refractivity contribution in [2.75, 3.05) is 0 Å². The Morgan fingerprint density at radius 3 is 2.74 bits per heavy atom. The summed E-state index contributed by atoms with van der Waals surface area (Å²) < 4.78 is 5.73. The molecule has 3 atom stereocenters. The minimum absolute atomic E-state index is 0.0258. The van der Waals surface area contributed by atoms with E-state index in [-0.39, 0.29) is 17.5 Å². The maximum atomic E-state index is 11.8. The van der Waals surface area contributed by atoms with Gasteiger partial charge >= 0.3 is 5.97 Å². The number of carbonyl (C=O) groups excluding carboxylic acids is 1. The van der Waals surface area contributed by atoms with Crippen molar-refractivity contribution in [1.29, 1.82) is 0 Å². The molecule has 1 aromatic rings. The molecule has 2 saturated carbocycles. The Morgan fingerprint density at radius 1 is 1.37 bits per heavy atom. The van der Waals surface area contributed by atoms with Crippen molar-refractivity contribution in [3.63, 3.8) is 0 Å². The van der Waals surface area contributed by atoms with E-state index in [2.05, 4.69) is 30.8 Å². The number of hydrogen-bond acceptors (Lipinski definition) is 2. The van der Waals surface area contributed by atoms with Gasteiger partial charge in [0.15, 0.2) is 0 Å². The lowest BCUT2D eigenvalue weighted by molar-refractivity contribution is -0.147. The molecule has 3 rings (SSSR count). The van der Waals surface area contributed by atoms with E-state index >= 15 is 0 Å². The van der Waals surface area contributed by atoms with Crippen molar-refractivity contribution < 1.29 is 9.53 Å². The second kappa shape index (κ2) is 4.52. The predicted molar refractivity (Wildman–Crippen MR) is 74.8 cm³/mol. The highest BCUT2D eigenvalue weighted by atomic mass is 16.5. The summed E-state index contributed by atoms with van der Waals surface area (Å²) in [4.78, 5) is 11.8. The van der Waals surface area contributed by atoms with Crippen molar-refractivity contribution in [3.05, 3.63) is 48.0 Å². The summed E-state index contributed by atoms with van der Waals surface area (Å²) in [5.41, 5.74) is 1.87. The maximum Gasteiger partial charge on any atom is 0.333 e. The van der Waals surface area contributed by atoms with Gasteiger partial charge in [-0.05, 0) is 44.1 Å². The van der Waals surface area contributed by atoms with E-state index in [9.17, 15) is 4.79 Å². The average molecular weight is 256 g/mol. The van der Waals surface area contributed by atoms with Crippen LogP contribution >= 0.6 is 0 Å². The van der Waals surface area contributed by atoms with E-state index in [1.54, 1.807) is 6.92 Å². The van der Waals surface area contributed by atoms with E-state index in [1.165, 1.54) is 12.0 Å². The van der Waals surface area contributed by atoms with Gasteiger partial charge in [-0.3, -0.25) is 0 Å². The Bertz CT molecular complexity index is 505. The highest BCUT2D eigenvalue weighted by Crippen LogP contribution is 2.56. The van der Waals surface area contributed by atoms with E-state index in [1.807, 2.05) is 6.07 Å². The Kier molecular flexibility index (Phi) is 2.96. The van der Waals surface area contributed by atoms with Crippen LogP contribution in [0.1, 0.15) is 38.2 Å². The number of esters is 1. The van der Waals surface area contributed by atoms with Crippen LogP contribution in [0.3, 0.4) is 0 Å². The number of benzene rings is 1. The van der Waals surface area contributed by atoms with E-state index in [0.29, 0.717) is 11.5 Å². The molecule has 0 spiro atoms. The summed E-state index contributed by atoms with van der Waals surface area (Å²) in [6.45, 7) is 5.39. The molecule has 0 aliphatic heterocycles. The molecule has 0 radical (unpaired) electrons. The minimum atomic E-state index is -0.243. The van der Waals surface area contributed by atoms with E-state index in [0.717, 1.165) is 19.3 Å². The first-order chi connectivity index (χ1) is 9.12. The lowest BCUT2D eigenvalue weighted by Gasteiger charge is -2.35. The summed E-state index contributed by atoms with van der Waals surface area (Å²) in [5, 5.41) is 0. The molecule has 2 bridgehead atoms. The molecular weight excluding hydrogens is 236 g/mol. The molecule has 19 heavy (non-hydrogen) atoms. The van der Waals surface area contributed by atoms with E-state index in [4.69, 9.17) is 4.74 Å². The topological polar surface area (TPSA) is 26.3 Å². The normalized spacial score (nSPS) is 32.3. The first-order valence-corrected chi connectivity index (χ1v) is 7.04. The monoisotopic (exact) mass is 256 g/mol. The zero-order valence-corrected chi connectivity index (χ0v) is 11.4. The molecule has 2 fully saturated rings. The third-order valence-corrected chi connectivity index (χ3v) is 4.76. The van der Waals surface area contributed by atoms with Crippen molar-refractivity contribution >= 4 is 5.97 Å². The van der Waals surface area contributed by atoms with Crippen molar-refractivity contribution in [2.24, 2.45) is 5.92 Å². The standard InChI is InChI=1S/C17H20O2/c1-12(2)16(18)19-15-10-13-8-9-17(15,11-13)14-6-4-3-5-7-14/h3-7,13,15H,1,8-11H2,2H3. The predicted octanol–water partition coefficient (Wildman–Crippen LogP) is 3.62. The van der Waals surface area contributed by atoms with Gasteiger partial charge in [0.25, 0.3) is 0 Å². The summed E-state index contributed by atoms with van der Waals surface area (Å²) in [6, 6.07) is 10.5. The number of rotatable bonds is 3. The van der Waals surface area contributed by atoms with Gasteiger partial charge in [-0.2, -0.15) is 0 Å². The largest absolute Gasteiger partial charge is 0.458 e. The number of hydrogen-bond donors (Lipinski definition) is 0. The Morgan fingerprint density at radius 2 is 2.11 bits per heavy atom. The van der Waals surface area contributed by atoms with Gasteiger partial charge in [-0.25, -0.2) is 4.79 Å². The number of carbonyl (C=O) groups is 1. The third kappa shape index (κ3) is 1.99. The molecule has 0 aromatic heterocycles. The number of ether oxygens (including phenoxy) is 1. The summed E-state index contributed by atoms with van der Waals surface area (Å²) in [7, 11) is 0. The van der Waals surface area contributed by atoms with Gasteiger partial charge in [0, 0.05) is 11.0 Å². The van der Waals surface area contributed by atoms with Crippen LogP contribution in [0.2, 0.25) is 0 Å². The molecule has 3 unspecified atom stereocenters. The fourth-order valence-electron chi connectivity index (χ4n) is 3.81. The van der Waals surface area contributed by atoms with Crippen molar-refractivity contribution in [3.8, 4) is 0 Å². The first kappa shape index (κ1) is 12.5. The van der Waals surface area contributed by atoms with Crippen LogP contribution in [0.25, 0.3) is 0 Å². The van der Waals surface area contributed by atoms with Crippen LogP contribution in [0, 0.1) is 5.92 Å². The van der Waals surface area contributed by atoms with Gasteiger partial charge in [0.1, 0.15) is 6.10 Å². The van der Waals surface area contributed by atoms with Crippen LogP contribution < -0.4 is 0 Å². The molecule has 2 nitrogen and oxygen atoms in total. The van der Waals surface area contributed by atoms with Crippen LogP contribution in [0.15, 0.2) is 42.5 Å². The maximum absolute atomic E-state index is 11.8. The molecule has 100 valence electrons. The zero-order chi connectivity index (χ0) is 13.5. The van der Waals surface area contributed by atoms with Gasteiger partial charge < -0.3 is 4.74 Å². The van der Waals surface area contributed by atoms with Crippen LogP contribution in [-0.2, 0) is 14.9 Å². The molecule has 0 heterocycles. The summed E-state index contributed by atoms with van der Waals surface area (Å²) >= 11 is 0. The lowest BCUT2D eigenvalue weighted by atomic mass is 9.75. The van der Waals surface area contributed by atoms with Gasteiger partial charge in [-0.1, -0.05) is 36.9 Å². The Hall–Kier alpha value is -1.57. The fourth-order valence-corrected chi connectivity index (χ4v) is 3.81. The SMILES string of the molecule is C=C(C)C(=O)OC1CC2CCC1(c1ccccc1)C2. The smallest absolute Gasteiger partial charge is 0.333 e. The molecule has 0 N–H and O–H groups in total. The Labute approximate surface area is 114 Å². The van der Waals surface area contributed by atoms with Crippen molar-refractivity contribution in [1.82, 2.24) is 0 Å². The Balaban J connectivity index is 1.89. The van der Waals surface area contributed by atoms with Crippen molar-refractivity contribution in [2.45, 2.75) is 44.1 Å². The average Bonchev–Trinajstić information content (AvgIpc) is 2.98. The molecule has 2 aliphatic carbocycles. The quantitative estimate of drug-likeness (QED) is 0.610. The summed E-state index contributed by atoms with van der Waals surface area (Å²) in [5.74, 6) is 0.469. The van der Waals surface area contributed by atoms with Gasteiger partial charge in [0.05, 0.1) is 0 Å². The fraction of sp³-hybridized carbons (Fsp3) is 0.471. The zero-order valence-electron chi connectivity index (χ0n) is 11.4. The van der Waals surface area contributed by atoms with Gasteiger partial charge in [0.2, 0.25) is 0 Å². The molecular formula is C17H20O2. The molecule has 0 amide bonds.